The number of benzene rings is 1. The second kappa shape index (κ2) is 6.36. The minimum Gasteiger partial charge on any atom is -0.343 e. The number of rotatable bonds is 3. The number of likely N-dealkylation sites (tertiary alicyclic amines) is 1. The van der Waals surface area contributed by atoms with Crippen molar-refractivity contribution in [2.75, 3.05) is 26.7 Å². The van der Waals surface area contributed by atoms with Gasteiger partial charge in [0.05, 0.1) is 0 Å². The lowest BCUT2D eigenvalue weighted by Crippen LogP contribution is -2.42. The van der Waals surface area contributed by atoms with Gasteiger partial charge in [-0.2, -0.15) is 0 Å². The lowest BCUT2D eigenvalue weighted by Gasteiger charge is -2.22. The first-order chi connectivity index (χ1) is 12.0. The first kappa shape index (κ1) is 16.4. The number of hydrogen-bond donors (Lipinski definition) is 1. The summed E-state index contributed by atoms with van der Waals surface area (Å²) in [5.41, 5.74) is 2.88. The summed E-state index contributed by atoms with van der Waals surface area (Å²) in [5.74, 6) is 1.63. The van der Waals surface area contributed by atoms with E-state index in [0.717, 1.165) is 25.9 Å². The summed E-state index contributed by atoms with van der Waals surface area (Å²) in [6, 6.07) is 8.96. The van der Waals surface area contributed by atoms with Gasteiger partial charge in [-0.1, -0.05) is 24.3 Å². The van der Waals surface area contributed by atoms with Crippen LogP contribution in [0.25, 0.3) is 0 Å². The van der Waals surface area contributed by atoms with Crippen LogP contribution in [0.5, 0.6) is 0 Å². The number of carbonyl (C=O) groups excluding carboxylic acids is 2. The average Bonchev–Trinajstić information content (AvgIpc) is 3.09. The van der Waals surface area contributed by atoms with E-state index in [9.17, 15) is 9.59 Å². The van der Waals surface area contributed by atoms with Crippen LogP contribution in [0.2, 0.25) is 0 Å². The SMILES string of the molecule is CC(=O)N1CCC(CN(C)C(=O)NC2C3CCc4ccccc4C32)C1. The van der Waals surface area contributed by atoms with Gasteiger partial charge in [0, 0.05) is 45.6 Å². The van der Waals surface area contributed by atoms with Crippen LogP contribution in [0.15, 0.2) is 24.3 Å². The Morgan fingerprint density at radius 2 is 2.08 bits per heavy atom. The van der Waals surface area contributed by atoms with E-state index in [4.69, 9.17) is 0 Å². The van der Waals surface area contributed by atoms with Gasteiger partial charge in [-0.05, 0) is 42.2 Å². The smallest absolute Gasteiger partial charge is 0.317 e. The fourth-order valence-corrected chi connectivity index (χ4v) is 4.75. The molecule has 3 aliphatic rings. The molecule has 4 atom stereocenters. The molecular formula is C20H27N3O2. The Morgan fingerprint density at radius 1 is 1.28 bits per heavy atom. The van der Waals surface area contributed by atoms with E-state index in [2.05, 4.69) is 29.6 Å². The molecule has 1 saturated carbocycles. The molecular weight excluding hydrogens is 314 g/mol. The molecule has 1 aromatic carbocycles. The predicted octanol–water partition coefficient (Wildman–Crippen LogP) is 2.22. The van der Waals surface area contributed by atoms with Crippen molar-refractivity contribution in [1.29, 1.82) is 0 Å². The second-order valence-corrected chi connectivity index (χ2v) is 7.90. The van der Waals surface area contributed by atoms with Crippen molar-refractivity contribution in [3.63, 3.8) is 0 Å². The first-order valence-electron chi connectivity index (χ1n) is 9.39. The summed E-state index contributed by atoms with van der Waals surface area (Å²) < 4.78 is 0. The highest BCUT2D eigenvalue weighted by molar-refractivity contribution is 5.75. The number of urea groups is 1. The normalized spacial score (nSPS) is 29.6. The fourth-order valence-electron chi connectivity index (χ4n) is 4.75. The first-order valence-corrected chi connectivity index (χ1v) is 9.39. The van der Waals surface area contributed by atoms with E-state index in [1.807, 2.05) is 11.9 Å². The van der Waals surface area contributed by atoms with Gasteiger partial charge in [0.25, 0.3) is 0 Å². The molecule has 25 heavy (non-hydrogen) atoms. The lowest BCUT2D eigenvalue weighted by molar-refractivity contribution is -0.127. The van der Waals surface area contributed by atoms with Gasteiger partial charge in [0.1, 0.15) is 0 Å². The Morgan fingerprint density at radius 3 is 2.84 bits per heavy atom. The quantitative estimate of drug-likeness (QED) is 0.916. The lowest BCUT2D eigenvalue weighted by atomic mass is 9.92. The van der Waals surface area contributed by atoms with E-state index in [0.29, 0.717) is 24.3 Å². The number of nitrogens with zero attached hydrogens (tertiary/aromatic N) is 2. The topological polar surface area (TPSA) is 52.7 Å². The van der Waals surface area contributed by atoms with E-state index >= 15 is 0 Å². The van der Waals surface area contributed by atoms with Crippen molar-refractivity contribution in [2.24, 2.45) is 11.8 Å². The molecule has 1 saturated heterocycles. The molecule has 0 spiro atoms. The highest BCUT2D eigenvalue weighted by atomic mass is 16.2. The Balaban J connectivity index is 1.31. The summed E-state index contributed by atoms with van der Waals surface area (Å²) >= 11 is 0. The van der Waals surface area contributed by atoms with Gasteiger partial charge in [-0.3, -0.25) is 4.79 Å². The molecule has 1 heterocycles. The Kier molecular flexibility index (Phi) is 4.18. The molecule has 1 aromatic rings. The van der Waals surface area contributed by atoms with Crippen LogP contribution in [0.1, 0.15) is 36.8 Å². The molecule has 3 amide bonds. The van der Waals surface area contributed by atoms with E-state index < -0.39 is 0 Å². The molecule has 4 unspecified atom stereocenters. The second-order valence-electron chi connectivity index (χ2n) is 7.90. The van der Waals surface area contributed by atoms with Gasteiger partial charge < -0.3 is 15.1 Å². The largest absolute Gasteiger partial charge is 0.343 e. The van der Waals surface area contributed by atoms with Gasteiger partial charge in [-0.15, -0.1) is 0 Å². The molecule has 2 fully saturated rings. The Bertz CT molecular complexity index is 689. The monoisotopic (exact) mass is 341 g/mol. The molecule has 0 radical (unpaired) electrons. The van der Waals surface area contributed by atoms with Crippen molar-refractivity contribution < 1.29 is 9.59 Å². The van der Waals surface area contributed by atoms with Crippen molar-refractivity contribution in [1.82, 2.24) is 15.1 Å². The Hall–Kier alpha value is -2.04. The zero-order chi connectivity index (χ0) is 17.6. The summed E-state index contributed by atoms with van der Waals surface area (Å²) in [6.45, 7) is 3.92. The number of aryl methyl sites for hydroxylation is 1. The predicted molar refractivity (Wildman–Crippen MR) is 96.3 cm³/mol. The highest BCUT2D eigenvalue weighted by Gasteiger charge is 2.54. The van der Waals surface area contributed by atoms with Gasteiger partial charge in [0.2, 0.25) is 5.91 Å². The third-order valence-corrected chi connectivity index (χ3v) is 6.23. The summed E-state index contributed by atoms with van der Waals surface area (Å²) in [4.78, 5) is 27.7. The summed E-state index contributed by atoms with van der Waals surface area (Å²) in [6.07, 6.45) is 3.29. The maximum absolute atomic E-state index is 12.6. The number of hydrogen-bond acceptors (Lipinski definition) is 2. The van der Waals surface area contributed by atoms with Crippen LogP contribution in [0.4, 0.5) is 4.79 Å². The number of fused-ring (bicyclic) bond motifs is 3. The molecule has 2 aliphatic carbocycles. The summed E-state index contributed by atoms with van der Waals surface area (Å²) in [7, 11) is 1.87. The van der Waals surface area contributed by atoms with Crippen LogP contribution in [-0.4, -0.2) is 54.5 Å². The molecule has 4 rings (SSSR count). The molecule has 5 nitrogen and oxygen atoms in total. The highest BCUT2D eigenvalue weighted by Crippen LogP contribution is 2.54. The van der Waals surface area contributed by atoms with Crippen molar-refractivity contribution in [3.8, 4) is 0 Å². The third kappa shape index (κ3) is 3.12. The molecule has 0 bridgehead atoms. The maximum atomic E-state index is 12.6. The number of nitrogens with one attached hydrogen (secondary N) is 1. The van der Waals surface area contributed by atoms with Crippen molar-refractivity contribution in [3.05, 3.63) is 35.4 Å². The van der Waals surface area contributed by atoms with Gasteiger partial charge in [-0.25, -0.2) is 4.79 Å². The molecule has 1 N–H and O–H groups in total. The minimum atomic E-state index is 0.0261. The molecule has 1 aliphatic heterocycles. The molecule has 5 heteroatoms. The van der Waals surface area contributed by atoms with Crippen LogP contribution < -0.4 is 5.32 Å². The zero-order valence-electron chi connectivity index (χ0n) is 15.1. The van der Waals surface area contributed by atoms with Crippen LogP contribution in [-0.2, 0) is 11.2 Å². The fraction of sp³-hybridized carbons (Fsp3) is 0.600. The van der Waals surface area contributed by atoms with Crippen molar-refractivity contribution in [2.45, 2.75) is 38.1 Å². The molecule has 134 valence electrons. The number of carbonyl (C=O) groups is 2. The van der Waals surface area contributed by atoms with E-state index in [1.54, 1.807) is 11.8 Å². The van der Waals surface area contributed by atoms with E-state index in [1.165, 1.54) is 17.5 Å². The van der Waals surface area contributed by atoms with Crippen LogP contribution in [0.3, 0.4) is 0 Å². The van der Waals surface area contributed by atoms with Gasteiger partial charge >= 0.3 is 6.03 Å². The standard InChI is InChI=1S/C20H27N3O2/c1-13(24)23-10-9-14(12-23)11-22(2)20(25)21-19-17-8-7-15-5-3-4-6-16(15)18(17)19/h3-6,14,17-19H,7-12H2,1-2H3,(H,21,25). The van der Waals surface area contributed by atoms with Crippen LogP contribution in [0, 0.1) is 11.8 Å². The average molecular weight is 341 g/mol. The zero-order valence-corrected chi connectivity index (χ0v) is 15.1. The van der Waals surface area contributed by atoms with Crippen molar-refractivity contribution >= 4 is 11.9 Å². The maximum Gasteiger partial charge on any atom is 0.317 e. The number of amides is 3. The minimum absolute atomic E-state index is 0.0261. The third-order valence-electron chi connectivity index (χ3n) is 6.23. The van der Waals surface area contributed by atoms with E-state index in [-0.39, 0.29) is 18.0 Å². The van der Waals surface area contributed by atoms with Gasteiger partial charge in [0.15, 0.2) is 0 Å². The molecule has 0 aromatic heterocycles. The van der Waals surface area contributed by atoms with Crippen LogP contribution >= 0.6 is 0 Å². The Labute approximate surface area is 149 Å². The summed E-state index contributed by atoms with van der Waals surface area (Å²) in [5, 5.41) is 3.25.